The molecule has 0 saturated heterocycles. The van der Waals surface area contributed by atoms with Gasteiger partial charge in [-0.25, -0.2) is 0 Å². The lowest BCUT2D eigenvalue weighted by atomic mass is 10.2. The smallest absolute Gasteiger partial charge is 0.0702 e. The third-order valence-electron chi connectivity index (χ3n) is 1.90. The van der Waals surface area contributed by atoms with Crippen LogP contribution in [-0.2, 0) is 10.8 Å². The Bertz CT molecular complexity index is 467. The van der Waals surface area contributed by atoms with E-state index in [0.717, 1.165) is 15.8 Å². The molecule has 0 N–H and O–H groups in total. The van der Waals surface area contributed by atoms with Crippen LogP contribution in [0.25, 0.3) is 10.9 Å². The van der Waals surface area contributed by atoms with Gasteiger partial charge in [-0.15, -0.1) is 0 Å². The number of hydrogen-bond donors (Lipinski definition) is 0. The summed E-state index contributed by atoms with van der Waals surface area (Å²) in [6, 6.07) is 9.72. The zero-order valence-electron chi connectivity index (χ0n) is 7.23. The lowest BCUT2D eigenvalue weighted by molar-refractivity contribution is 0.686. The monoisotopic (exact) mass is 191 g/mol. The molecule has 0 aliphatic heterocycles. The summed E-state index contributed by atoms with van der Waals surface area (Å²) in [5.41, 5.74) is 0.941. The number of aromatic nitrogens is 1. The highest BCUT2D eigenvalue weighted by molar-refractivity contribution is 7.84. The summed E-state index contributed by atoms with van der Waals surface area (Å²) in [5.74, 6) is 0. The van der Waals surface area contributed by atoms with Crippen molar-refractivity contribution in [2.24, 2.45) is 0 Å². The molecule has 1 heterocycles. The van der Waals surface area contributed by atoms with Crippen molar-refractivity contribution in [3.8, 4) is 0 Å². The molecule has 1 unspecified atom stereocenters. The summed E-state index contributed by atoms with van der Waals surface area (Å²) in [5, 5.41) is 1.04. The Morgan fingerprint density at radius 3 is 2.85 bits per heavy atom. The molecule has 1 aromatic carbocycles. The fourth-order valence-corrected chi connectivity index (χ4v) is 1.70. The largest absolute Gasteiger partial charge is 0.255 e. The third kappa shape index (κ3) is 1.60. The maximum Gasteiger partial charge on any atom is 0.0702 e. The van der Waals surface area contributed by atoms with Gasteiger partial charge in [0.1, 0.15) is 0 Å². The van der Waals surface area contributed by atoms with Crippen LogP contribution in [0.5, 0.6) is 0 Å². The van der Waals surface area contributed by atoms with Crippen LogP contribution in [0.4, 0.5) is 0 Å². The topological polar surface area (TPSA) is 30.0 Å². The second-order valence-electron chi connectivity index (χ2n) is 2.82. The summed E-state index contributed by atoms with van der Waals surface area (Å²) in [4.78, 5) is 4.99. The van der Waals surface area contributed by atoms with Gasteiger partial charge in [-0.05, 0) is 12.1 Å². The van der Waals surface area contributed by atoms with Crippen molar-refractivity contribution in [1.82, 2.24) is 4.98 Å². The van der Waals surface area contributed by atoms with Crippen LogP contribution in [0, 0.1) is 0 Å². The maximum atomic E-state index is 11.2. The third-order valence-corrected chi connectivity index (χ3v) is 2.78. The molecule has 13 heavy (non-hydrogen) atoms. The van der Waals surface area contributed by atoms with Gasteiger partial charge in [0.05, 0.1) is 21.2 Å². The number of nitrogens with zero attached hydrogens (tertiary/aromatic N) is 1. The van der Waals surface area contributed by atoms with Gasteiger partial charge in [-0.3, -0.25) is 9.19 Å². The molecule has 0 saturated carbocycles. The highest BCUT2D eigenvalue weighted by Gasteiger charge is 1.99. The number of rotatable bonds is 1. The van der Waals surface area contributed by atoms with E-state index in [-0.39, 0.29) is 0 Å². The SMILES string of the molecule is CS(=O)c1cnc2ccccc2c1. The van der Waals surface area contributed by atoms with Crippen LogP contribution in [0.3, 0.4) is 0 Å². The minimum Gasteiger partial charge on any atom is -0.255 e. The average molecular weight is 191 g/mol. The molecule has 0 fully saturated rings. The van der Waals surface area contributed by atoms with E-state index < -0.39 is 10.8 Å². The first kappa shape index (κ1) is 8.38. The molecule has 0 aliphatic carbocycles. The Balaban J connectivity index is 2.69. The predicted octanol–water partition coefficient (Wildman–Crippen LogP) is 1.97. The minimum absolute atomic E-state index is 0.777. The van der Waals surface area contributed by atoms with E-state index in [1.54, 1.807) is 12.5 Å². The van der Waals surface area contributed by atoms with Crippen molar-refractivity contribution in [3.63, 3.8) is 0 Å². The maximum absolute atomic E-state index is 11.2. The van der Waals surface area contributed by atoms with Crippen molar-refractivity contribution >= 4 is 21.7 Å². The number of para-hydroxylation sites is 1. The summed E-state index contributed by atoms with van der Waals surface area (Å²) in [7, 11) is -0.947. The average Bonchev–Trinajstić information content (AvgIpc) is 2.17. The van der Waals surface area contributed by atoms with Crippen molar-refractivity contribution in [2.45, 2.75) is 4.90 Å². The van der Waals surface area contributed by atoms with Crippen molar-refractivity contribution in [2.75, 3.05) is 6.26 Å². The van der Waals surface area contributed by atoms with Crippen LogP contribution in [-0.4, -0.2) is 15.4 Å². The fraction of sp³-hybridized carbons (Fsp3) is 0.100. The zero-order chi connectivity index (χ0) is 9.26. The van der Waals surface area contributed by atoms with Crippen LogP contribution < -0.4 is 0 Å². The molecule has 1 atom stereocenters. The molecule has 2 aromatic rings. The van der Waals surface area contributed by atoms with Crippen LogP contribution in [0.1, 0.15) is 0 Å². The Labute approximate surface area is 79.1 Å². The first-order chi connectivity index (χ1) is 6.27. The molecular formula is C10H9NOS. The lowest BCUT2D eigenvalue weighted by Gasteiger charge is -1.98. The van der Waals surface area contributed by atoms with Gasteiger partial charge in [0.15, 0.2) is 0 Å². The Hall–Kier alpha value is -1.22. The molecule has 2 rings (SSSR count). The van der Waals surface area contributed by atoms with Crippen LogP contribution in [0.2, 0.25) is 0 Å². The van der Waals surface area contributed by atoms with E-state index in [1.807, 2.05) is 30.3 Å². The van der Waals surface area contributed by atoms with E-state index in [1.165, 1.54) is 0 Å². The Morgan fingerprint density at radius 2 is 2.08 bits per heavy atom. The van der Waals surface area contributed by atoms with Gasteiger partial charge < -0.3 is 0 Å². The molecule has 0 spiro atoms. The fourth-order valence-electron chi connectivity index (χ4n) is 1.21. The van der Waals surface area contributed by atoms with Gasteiger partial charge in [-0.2, -0.15) is 0 Å². The minimum atomic E-state index is -0.947. The second kappa shape index (κ2) is 3.26. The Kier molecular flexibility index (Phi) is 2.10. The van der Waals surface area contributed by atoms with Crippen LogP contribution >= 0.6 is 0 Å². The van der Waals surface area contributed by atoms with Crippen LogP contribution in [0.15, 0.2) is 41.4 Å². The first-order valence-corrected chi connectivity index (χ1v) is 5.51. The number of pyridine rings is 1. The number of hydrogen-bond acceptors (Lipinski definition) is 2. The molecule has 0 bridgehead atoms. The zero-order valence-corrected chi connectivity index (χ0v) is 8.04. The highest BCUT2D eigenvalue weighted by atomic mass is 32.2. The first-order valence-electron chi connectivity index (χ1n) is 3.95. The van der Waals surface area contributed by atoms with Crippen molar-refractivity contribution < 1.29 is 4.21 Å². The van der Waals surface area contributed by atoms with Crippen molar-refractivity contribution in [1.29, 1.82) is 0 Å². The molecule has 0 amide bonds. The second-order valence-corrected chi connectivity index (χ2v) is 4.20. The summed E-state index contributed by atoms with van der Waals surface area (Å²) < 4.78 is 11.2. The summed E-state index contributed by atoms with van der Waals surface area (Å²) in [6.45, 7) is 0. The molecule has 0 radical (unpaired) electrons. The Morgan fingerprint density at radius 1 is 1.31 bits per heavy atom. The highest BCUT2D eigenvalue weighted by Crippen LogP contribution is 2.14. The molecule has 0 aliphatic rings. The summed E-state index contributed by atoms with van der Waals surface area (Å²) in [6.07, 6.45) is 3.32. The summed E-state index contributed by atoms with van der Waals surface area (Å²) >= 11 is 0. The van der Waals surface area contributed by atoms with Gasteiger partial charge in [0, 0.05) is 17.8 Å². The molecule has 1 aromatic heterocycles. The quantitative estimate of drug-likeness (QED) is 0.689. The van der Waals surface area contributed by atoms with E-state index in [4.69, 9.17) is 0 Å². The van der Waals surface area contributed by atoms with E-state index in [2.05, 4.69) is 4.98 Å². The van der Waals surface area contributed by atoms with E-state index in [9.17, 15) is 4.21 Å². The van der Waals surface area contributed by atoms with Gasteiger partial charge in [0.25, 0.3) is 0 Å². The van der Waals surface area contributed by atoms with Crippen molar-refractivity contribution in [3.05, 3.63) is 36.5 Å². The van der Waals surface area contributed by atoms with Gasteiger partial charge >= 0.3 is 0 Å². The molecule has 3 heteroatoms. The predicted molar refractivity (Wildman–Crippen MR) is 54.1 cm³/mol. The number of fused-ring (bicyclic) bond motifs is 1. The molecule has 66 valence electrons. The molecular weight excluding hydrogens is 182 g/mol. The molecule has 2 nitrogen and oxygen atoms in total. The van der Waals surface area contributed by atoms with E-state index >= 15 is 0 Å². The number of benzene rings is 1. The standard InChI is InChI=1S/C10H9NOS/c1-13(12)9-6-8-4-2-3-5-10(8)11-7-9/h2-7H,1H3. The van der Waals surface area contributed by atoms with Gasteiger partial charge in [-0.1, -0.05) is 18.2 Å². The lowest BCUT2D eigenvalue weighted by Crippen LogP contribution is -1.88. The normalized spacial score (nSPS) is 13.0. The van der Waals surface area contributed by atoms with Gasteiger partial charge in [0.2, 0.25) is 0 Å². The van der Waals surface area contributed by atoms with E-state index in [0.29, 0.717) is 0 Å².